The first-order valence-electron chi connectivity index (χ1n) is 30.5. The van der Waals surface area contributed by atoms with Crippen molar-refractivity contribution < 1.29 is 30.6 Å². The van der Waals surface area contributed by atoms with E-state index in [9.17, 15) is 30.6 Å². The quantitative estimate of drug-likeness (QED) is 0.0408. The SMILES string of the molecule is CCn1cnc(CCNc2nc(NC3CCC(Nc4ncnc(NC5CCC(Nc6nc(NCCc7cn(CC)cn7)nc7c6ncn7[C@@H]6C[C@H](n7ncc(CO)n7)[C@@H](O)[C@H]6O)CC5)n4)CC3)c3ncn([C@@H]4C[C@H](n5ncc(CO)n5)[C@@H](O)[C@H]4O)c3n2)c1. The van der Waals surface area contributed by atoms with Crippen molar-refractivity contribution in [1.29, 1.82) is 0 Å². The maximum atomic E-state index is 11.4. The number of rotatable bonds is 24. The number of imidazole rings is 4. The number of aryl methyl sites for hydroxylation is 2. The monoisotopic (exact) mass is 1210 g/mol. The van der Waals surface area contributed by atoms with Crippen LogP contribution in [-0.2, 0) is 39.1 Å². The molecule has 33 nitrogen and oxygen atoms in total. The maximum Gasteiger partial charge on any atom is 0.227 e. The first-order valence-corrected chi connectivity index (χ1v) is 30.5. The molecule has 88 heavy (non-hydrogen) atoms. The molecule has 9 heterocycles. The molecular formula is C55H75N27O6. The van der Waals surface area contributed by atoms with Gasteiger partial charge >= 0.3 is 0 Å². The second-order valence-electron chi connectivity index (χ2n) is 23.3. The van der Waals surface area contributed by atoms with Crippen molar-refractivity contribution in [2.45, 2.75) is 190 Å². The van der Waals surface area contributed by atoms with Crippen molar-refractivity contribution in [3.8, 4) is 0 Å². The van der Waals surface area contributed by atoms with Crippen molar-refractivity contribution in [3.05, 3.63) is 79.2 Å². The fraction of sp³-hybridized carbons (Fsp3) is 0.582. The van der Waals surface area contributed by atoms with Gasteiger partial charge in [-0.3, -0.25) is 0 Å². The van der Waals surface area contributed by atoms with Gasteiger partial charge in [0.2, 0.25) is 23.8 Å². The van der Waals surface area contributed by atoms with E-state index in [1.807, 2.05) is 34.2 Å². The van der Waals surface area contributed by atoms with Crippen LogP contribution in [0.25, 0.3) is 22.3 Å². The van der Waals surface area contributed by atoms with Gasteiger partial charge in [0.25, 0.3) is 0 Å². The van der Waals surface area contributed by atoms with E-state index in [-0.39, 0.29) is 37.4 Å². The van der Waals surface area contributed by atoms with Crippen LogP contribution in [0.3, 0.4) is 0 Å². The highest BCUT2D eigenvalue weighted by molar-refractivity contribution is 5.85. The van der Waals surface area contributed by atoms with Crippen molar-refractivity contribution in [1.82, 2.24) is 103 Å². The van der Waals surface area contributed by atoms with E-state index in [1.54, 1.807) is 21.8 Å². The van der Waals surface area contributed by atoms with Crippen LogP contribution in [0, 0.1) is 0 Å². The molecule has 4 aliphatic carbocycles. The Balaban J connectivity index is 0.634. The minimum absolute atomic E-state index is 0.0644. The van der Waals surface area contributed by atoms with E-state index in [4.69, 9.17) is 34.9 Å². The Hall–Kier alpha value is -8.63. The highest BCUT2D eigenvalue weighted by atomic mass is 16.3. The topological polar surface area (TPSA) is 416 Å². The lowest BCUT2D eigenvalue weighted by molar-refractivity contribution is 0.00491. The maximum absolute atomic E-state index is 11.4. The normalized spacial score (nSPS) is 25.6. The Morgan fingerprint density at radius 3 is 1.25 bits per heavy atom. The summed E-state index contributed by atoms with van der Waals surface area (Å²) in [7, 11) is 0. The zero-order chi connectivity index (χ0) is 60.4. The predicted molar refractivity (Wildman–Crippen MR) is 319 cm³/mol. The molecule has 0 amide bonds. The summed E-state index contributed by atoms with van der Waals surface area (Å²) in [6.45, 7) is 6.26. The molecule has 0 aliphatic heterocycles. The largest absolute Gasteiger partial charge is 0.390 e. The zero-order valence-corrected chi connectivity index (χ0v) is 48.9. The molecule has 466 valence electrons. The van der Waals surface area contributed by atoms with Gasteiger partial charge in [-0.1, -0.05) is 0 Å². The second kappa shape index (κ2) is 25.6. The minimum Gasteiger partial charge on any atom is -0.390 e. The fourth-order valence-electron chi connectivity index (χ4n) is 12.7. The molecule has 33 heteroatoms. The number of nitrogens with one attached hydrogen (secondary N) is 6. The molecule has 4 aliphatic rings. The standard InChI is InChI=1S/C55H75N27O6/c1-3-77-21-34(60-26-77)13-15-56-52-70-48(42-50(72-52)79(28-62-42)38-17-40(46(87)44(38)85)81-64-19-36(23-83)75-81)66-30-5-9-32(10-6-30)68-54-58-25-59-55(74-54)69-33-11-7-31(8-12-33)67-49-43-51(73-53(71-49)57-16-14-35-22-78(4-2)27-61-35)80(29-63-43)39-18-41(47(88)45(39)86)82-65-20-37(24-84)76-82/h19-22,25-33,38-41,44-47,83-88H,3-18,23-24H2,1-2H3,(H2,56,66,70,72)(H2,57,67,71,73)(H2,58,59,68,69,74)/t30?,31?,32?,33?,38-,39-,40+,41+,44+,45+,46-,47-/m1/s1. The fourth-order valence-corrected chi connectivity index (χ4v) is 12.7. The molecule has 12 N–H and O–H groups in total. The summed E-state index contributed by atoms with van der Waals surface area (Å²) < 4.78 is 7.65. The Labute approximate surface area is 504 Å². The van der Waals surface area contributed by atoms with Crippen LogP contribution in [0.4, 0.5) is 35.4 Å². The van der Waals surface area contributed by atoms with Gasteiger partial charge in [-0.15, -0.1) is 0 Å². The molecule has 4 fully saturated rings. The Morgan fingerprint density at radius 1 is 0.455 bits per heavy atom. The van der Waals surface area contributed by atoms with E-state index < -0.39 is 48.6 Å². The third kappa shape index (κ3) is 12.3. The molecule has 9 aromatic rings. The average molecular weight is 1210 g/mol. The predicted octanol–water partition coefficient (Wildman–Crippen LogP) is 1.55. The summed E-state index contributed by atoms with van der Waals surface area (Å²) in [4.78, 5) is 54.8. The molecule has 0 spiro atoms. The van der Waals surface area contributed by atoms with Crippen LogP contribution in [-0.4, -0.2) is 195 Å². The zero-order valence-electron chi connectivity index (χ0n) is 48.9. The van der Waals surface area contributed by atoms with Crippen LogP contribution < -0.4 is 31.9 Å². The lowest BCUT2D eigenvalue weighted by Crippen LogP contribution is -2.34. The third-order valence-corrected chi connectivity index (χ3v) is 17.6. The van der Waals surface area contributed by atoms with E-state index >= 15 is 0 Å². The van der Waals surface area contributed by atoms with E-state index in [1.165, 1.54) is 28.3 Å². The second-order valence-corrected chi connectivity index (χ2v) is 23.3. The molecule has 9 aromatic heterocycles. The Bertz CT molecular complexity index is 3550. The third-order valence-electron chi connectivity index (χ3n) is 17.6. The molecule has 4 saturated carbocycles. The summed E-state index contributed by atoms with van der Waals surface area (Å²) in [6.07, 6.45) is 19.2. The molecular weight excluding hydrogens is 1130 g/mol. The highest BCUT2D eigenvalue weighted by Crippen LogP contribution is 2.42. The van der Waals surface area contributed by atoms with Gasteiger partial charge in [-0.2, -0.15) is 54.9 Å². The molecule has 0 radical (unpaired) electrons. The smallest absolute Gasteiger partial charge is 0.227 e. The summed E-state index contributed by atoms with van der Waals surface area (Å²) in [5.74, 6) is 2.90. The molecule has 8 atom stereocenters. The van der Waals surface area contributed by atoms with Gasteiger partial charge in [0.05, 0.1) is 74.4 Å². The van der Waals surface area contributed by atoms with Gasteiger partial charge in [0.1, 0.15) is 54.2 Å². The van der Waals surface area contributed by atoms with Gasteiger partial charge in [-0.05, 0) is 78.1 Å². The first kappa shape index (κ1) is 58.4. The van der Waals surface area contributed by atoms with Gasteiger partial charge in [-0.25, -0.2) is 29.9 Å². The van der Waals surface area contributed by atoms with Crippen LogP contribution in [0.1, 0.15) is 125 Å². The summed E-state index contributed by atoms with van der Waals surface area (Å²) in [6, 6.07) is -2.12. The van der Waals surface area contributed by atoms with Crippen molar-refractivity contribution in [2.24, 2.45) is 0 Å². The number of hydrogen-bond donors (Lipinski definition) is 12. The molecule has 13 rings (SSSR count). The summed E-state index contributed by atoms with van der Waals surface area (Å²) in [5, 5.41) is 103. The highest BCUT2D eigenvalue weighted by Gasteiger charge is 2.47. The van der Waals surface area contributed by atoms with Crippen molar-refractivity contribution in [2.75, 3.05) is 45.0 Å². The summed E-state index contributed by atoms with van der Waals surface area (Å²) >= 11 is 0. The number of aliphatic hydroxyl groups excluding tert-OH is 6. The van der Waals surface area contributed by atoms with Crippen LogP contribution in [0.5, 0.6) is 0 Å². The first-order chi connectivity index (χ1) is 43.0. The molecule has 0 saturated heterocycles. The Morgan fingerprint density at radius 2 is 0.864 bits per heavy atom. The molecule has 0 bridgehead atoms. The van der Waals surface area contributed by atoms with Gasteiger partial charge < -0.3 is 80.8 Å². The number of aromatic nitrogens is 21. The lowest BCUT2D eigenvalue weighted by Gasteiger charge is -2.31. The number of nitrogens with zero attached hydrogens (tertiary/aromatic N) is 21. The number of anilines is 6. The molecule has 0 aromatic carbocycles. The number of aliphatic hydroxyl groups is 6. The minimum atomic E-state index is -1.17. The van der Waals surface area contributed by atoms with Gasteiger partial charge in [0, 0.05) is 75.6 Å². The van der Waals surface area contributed by atoms with Crippen LogP contribution >= 0.6 is 0 Å². The van der Waals surface area contributed by atoms with Crippen LogP contribution in [0.2, 0.25) is 0 Å². The van der Waals surface area contributed by atoms with E-state index in [0.29, 0.717) is 108 Å². The van der Waals surface area contributed by atoms with Crippen molar-refractivity contribution >= 4 is 57.8 Å². The Kier molecular flexibility index (Phi) is 17.0. The van der Waals surface area contributed by atoms with E-state index in [2.05, 4.69) is 86.1 Å². The lowest BCUT2D eigenvalue weighted by atomic mass is 9.91. The number of fused-ring (bicyclic) bond motifs is 2. The van der Waals surface area contributed by atoms with Gasteiger partial charge in [0.15, 0.2) is 34.0 Å². The summed E-state index contributed by atoms with van der Waals surface area (Å²) in [5.41, 5.74) is 4.70. The van der Waals surface area contributed by atoms with Crippen molar-refractivity contribution in [3.63, 3.8) is 0 Å². The van der Waals surface area contributed by atoms with Crippen LogP contribution in [0.15, 0.2) is 56.4 Å². The number of hydrogen-bond acceptors (Lipinski definition) is 27. The van der Waals surface area contributed by atoms with E-state index in [0.717, 1.165) is 75.8 Å². The molecule has 0 unspecified atom stereocenters. The average Bonchev–Trinajstić information content (AvgIpc) is 1.90.